The van der Waals surface area contributed by atoms with Crippen LogP contribution in [0.3, 0.4) is 0 Å². The number of rotatable bonds is 8. The van der Waals surface area contributed by atoms with Crippen molar-refractivity contribution in [2.45, 2.75) is 23.0 Å². The van der Waals surface area contributed by atoms with Crippen molar-refractivity contribution in [3.8, 4) is 11.8 Å². The Morgan fingerprint density at radius 2 is 1.88 bits per heavy atom. The standard InChI is InChI=1S/C25H23N3O3S/c26-15-19-7-4-10-21(12-19)31-25(20-8-2-1-3-9-20)16-28(17-25)32-22-11-5-6-18(13-22)14-23(27)24(29)30/h1-13,23H,14,16-17,27H2,(H,29,30). The summed E-state index contributed by atoms with van der Waals surface area (Å²) in [5.74, 6) is -0.335. The molecule has 1 aliphatic rings. The first-order valence-corrected chi connectivity index (χ1v) is 11.0. The molecule has 0 radical (unpaired) electrons. The van der Waals surface area contributed by atoms with Crippen LogP contribution in [0.2, 0.25) is 0 Å². The first kappa shape index (κ1) is 21.9. The summed E-state index contributed by atoms with van der Waals surface area (Å²) >= 11 is 1.61. The highest BCUT2D eigenvalue weighted by atomic mass is 32.2. The van der Waals surface area contributed by atoms with Crippen LogP contribution in [0, 0.1) is 11.3 Å². The van der Waals surface area contributed by atoms with Gasteiger partial charge in [-0.2, -0.15) is 5.26 Å². The number of nitrogens with two attached hydrogens (primary N) is 1. The van der Waals surface area contributed by atoms with Gasteiger partial charge in [0, 0.05) is 4.90 Å². The summed E-state index contributed by atoms with van der Waals surface area (Å²) in [5.41, 5.74) is 7.71. The molecule has 1 fully saturated rings. The predicted octanol–water partition coefficient (Wildman–Crippen LogP) is 3.81. The number of nitrogens with zero attached hydrogens (tertiary/aromatic N) is 2. The van der Waals surface area contributed by atoms with Crippen molar-refractivity contribution < 1.29 is 14.6 Å². The van der Waals surface area contributed by atoms with Gasteiger partial charge in [-0.3, -0.25) is 4.79 Å². The SMILES string of the molecule is N#Cc1cccc(OC2(c3ccccc3)CN(Sc3cccc(CC(N)C(=O)O)c3)C2)c1. The van der Waals surface area contributed by atoms with E-state index in [4.69, 9.17) is 15.6 Å². The van der Waals surface area contributed by atoms with Crippen LogP contribution >= 0.6 is 11.9 Å². The van der Waals surface area contributed by atoms with Crippen LogP contribution in [0.4, 0.5) is 0 Å². The van der Waals surface area contributed by atoms with E-state index in [-0.39, 0.29) is 6.42 Å². The van der Waals surface area contributed by atoms with Crippen molar-refractivity contribution in [1.82, 2.24) is 4.31 Å². The van der Waals surface area contributed by atoms with Crippen LogP contribution < -0.4 is 10.5 Å². The summed E-state index contributed by atoms with van der Waals surface area (Å²) in [7, 11) is 0. The smallest absolute Gasteiger partial charge is 0.320 e. The molecule has 0 aliphatic carbocycles. The number of carboxylic acids is 1. The molecule has 7 heteroatoms. The van der Waals surface area contributed by atoms with E-state index in [9.17, 15) is 10.1 Å². The third-order valence-electron chi connectivity index (χ3n) is 5.35. The number of hydrogen-bond donors (Lipinski definition) is 2. The molecule has 3 N–H and O–H groups in total. The molecule has 0 amide bonds. The molecule has 162 valence electrons. The highest BCUT2D eigenvalue weighted by molar-refractivity contribution is 7.97. The average molecular weight is 446 g/mol. The van der Waals surface area contributed by atoms with Gasteiger partial charge in [0.1, 0.15) is 11.8 Å². The molecule has 1 saturated heterocycles. The molecule has 0 bridgehead atoms. The molecule has 4 rings (SSSR count). The van der Waals surface area contributed by atoms with Crippen LogP contribution in [0.1, 0.15) is 16.7 Å². The first-order valence-electron chi connectivity index (χ1n) is 10.2. The van der Waals surface area contributed by atoms with E-state index in [1.165, 1.54) is 0 Å². The van der Waals surface area contributed by atoms with E-state index in [0.717, 1.165) is 16.0 Å². The maximum atomic E-state index is 11.0. The van der Waals surface area contributed by atoms with Crippen LogP contribution in [0.15, 0.2) is 83.8 Å². The summed E-state index contributed by atoms with van der Waals surface area (Å²) in [6, 6.07) is 26.3. The van der Waals surface area contributed by atoms with Gasteiger partial charge in [-0.1, -0.05) is 48.5 Å². The highest BCUT2D eigenvalue weighted by Crippen LogP contribution is 2.42. The molecular weight excluding hydrogens is 422 g/mol. The molecule has 3 aromatic carbocycles. The second-order valence-electron chi connectivity index (χ2n) is 7.79. The van der Waals surface area contributed by atoms with Crippen molar-refractivity contribution in [3.63, 3.8) is 0 Å². The Bertz CT molecular complexity index is 1140. The zero-order valence-electron chi connectivity index (χ0n) is 17.3. The van der Waals surface area contributed by atoms with Crippen molar-refractivity contribution in [2.24, 2.45) is 5.73 Å². The van der Waals surface area contributed by atoms with Gasteiger partial charge in [0.25, 0.3) is 0 Å². The molecule has 1 unspecified atom stereocenters. The molecule has 1 heterocycles. The van der Waals surface area contributed by atoms with Crippen LogP contribution in [-0.4, -0.2) is 34.5 Å². The lowest BCUT2D eigenvalue weighted by Gasteiger charge is -2.49. The third-order valence-corrected chi connectivity index (χ3v) is 6.33. The number of benzene rings is 3. The van der Waals surface area contributed by atoms with Gasteiger partial charge in [0.15, 0.2) is 5.60 Å². The van der Waals surface area contributed by atoms with E-state index in [2.05, 4.69) is 22.5 Å². The van der Waals surface area contributed by atoms with Crippen LogP contribution in [0.25, 0.3) is 0 Å². The topological polar surface area (TPSA) is 99.6 Å². The highest BCUT2D eigenvalue weighted by Gasteiger charge is 2.47. The predicted molar refractivity (Wildman–Crippen MR) is 123 cm³/mol. The fourth-order valence-electron chi connectivity index (χ4n) is 3.71. The van der Waals surface area contributed by atoms with E-state index in [1.807, 2.05) is 54.6 Å². The normalized spacial score (nSPS) is 15.9. The van der Waals surface area contributed by atoms with Gasteiger partial charge in [-0.15, -0.1) is 0 Å². The second kappa shape index (κ2) is 9.45. The second-order valence-corrected chi connectivity index (χ2v) is 8.96. The molecule has 6 nitrogen and oxygen atoms in total. The minimum absolute atomic E-state index is 0.288. The van der Waals surface area contributed by atoms with E-state index >= 15 is 0 Å². The maximum absolute atomic E-state index is 11.0. The largest absolute Gasteiger partial charge is 0.480 e. The lowest BCUT2D eigenvalue weighted by Crippen LogP contribution is -2.59. The summed E-state index contributed by atoms with van der Waals surface area (Å²) in [5, 5.41) is 18.3. The summed E-state index contributed by atoms with van der Waals surface area (Å²) in [6.07, 6.45) is 0.288. The van der Waals surface area contributed by atoms with E-state index in [1.54, 1.807) is 24.1 Å². The van der Waals surface area contributed by atoms with Crippen LogP contribution in [-0.2, 0) is 16.8 Å². The van der Waals surface area contributed by atoms with Gasteiger partial charge < -0.3 is 15.6 Å². The Morgan fingerprint density at radius 1 is 1.12 bits per heavy atom. The van der Waals surface area contributed by atoms with E-state index < -0.39 is 17.6 Å². The van der Waals surface area contributed by atoms with Crippen molar-refractivity contribution in [3.05, 3.63) is 95.6 Å². The summed E-state index contributed by atoms with van der Waals surface area (Å²) in [4.78, 5) is 12.1. The first-order chi connectivity index (χ1) is 15.5. The Labute approximate surface area is 191 Å². The van der Waals surface area contributed by atoms with Gasteiger partial charge >= 0.3 is 5.97 Å². The number of aliphatic carboxylic acids is 1. The number of ether oxygens (including phenoxy) is 1. The Morgan fingerprint density at radius 3 is 2.59 bits per heavy atom. The number of carboxylic acid groups (broad SMARTS) is 1. The van der Waals surface area contributed by atoms with E-state index in [0.29, 0.717) is 24.4 Å². The zero-order chi connectivity index (χ0) is 22.6. The minimum atomic E-state index is -1.00. The third kappa shape index (κ3) is 4.94. The van der Waals surface area contributed by atoms with Gasteiger partial charge in [0.2, 0.25) is 0 Å². The molecule has 0 aromatic heterocycles. The van der Waals surface area contributed by atoms with Crippen molar-refractivity contribution in [1.29, 1.82) is 5.26 Å². The van der Waals surface area contributed by atoms with Gasteiger partial charge in [0.05, 0.1) is 24.7 Å². The quantitative estimate of drug-likeness (QED) is 0.509. The fraction of sp³-hybridized carbons (Fsp3) is 0.200. The summed E-state index contributed by atoms with van der Waals surface area (Å²) in [6.45, 7) is 1.33. The molecule has 1 atom stereocenters. The molecule has 3 aromatic rings. The fourth-order valence-corrected chi connectivity index (χ4v) is 4.90. The molecule has 0 saturated carbocycles. The number of carbonyl (C=O) groups is 1. The Balaban J connectivity index is 1.49. The molecule has 32 heavy (non-hydrogen) atoms. The zero-order valence-corrected chi connectivity index (χ0v) is 18.2. The lowest BCUT2D eigenvalue weighted by molar-refractivity contribution is -0.138. The molecule has 1 aliphatic heterocycles. The monoisotopic (exact) mass is 445 g/mol. The minimum Gasteiger partial charge on any atom is -0.480 e. The summed E-state index contributed by atoms with van der Waals surface area (Å²) < 4.78 is 8.65. The molecule has 0 spiro atoms. The van der Waals surface area contributed by atoms with Crippen LogP contribution in [0.5, 0.6) is 5.75 Å². The average Bonchev–Trinajstić information content (AvgIpc) is 2.78. The lowest BCUT2D eigenvalue weighted by atomic mass is 9.87. The Hall–Kier alpha value is -3.31. The van der Waals surface area contributed by atoms with Crippen molar-refractivity contribution in [2.75, 3.05) is 13.1 Å². The number of hydrogen-bond acceptors (Lipinski definition) is 6. The number of nitriles is 1. The molecular formula is C25H23N3O3S. The Kier molecular flexibility index (Phi) is 6.47. The van der Waals surface area contributed by atoms with Crippen molar-refractivity contribution >= 4 is 17.9 Å². The van der Waals surface area contributed by atoms with Gasteiger partial charge in [-0.25, -0.2) is 4.31 Å². The maximum Gasteiger partial charge on any atom is 0.320 e. The van der Waals surface area contributed by atoms with Gasteiger partial charge in [-0.05, 0) is 59.8 Å².